The molecule has 120 valence electrons. The highest BCUT2D eigenvalue weighted by Crippen LogP contribution is 2.58. The molecular weight excluding hydrogens is 278 g/mol. The first-order valence-corrected chi connectivity index (χ1v) is 8.34. The lowest BCUT2D eigenvalue weighted by Crippen LogP contribution is -2.61. The summed E-state index contributed by atoms with van der Waals surface area (Å²) in [6.45, 7) is 1.03. The van der Waals surface area contributed by atoms with Crippen molar-refractivity contribution < 1.29 is 14.9 Å². The predicted molar refractivity (Wildman–Crippen MR) is 84.4 cm³/mol. The summed E-state index contributed by atoms with van der Waals surface area (Å²) in [5.74, 6) is 1.39. The summed E-state index contributed by atoms with van der Waals surface area (Å²) < 4.78 is 5.35. The number of methoxy groups -OCH3 is 1. The molecule has 1 aromatic carbocycles. The van der Waals surface area contributed by atoms with Crippen LogP contribution in [0.25, 0.3) is 0 Å². The summed E-state index contributed by atoms with van der Waals surface area (Å²) >= 11 is 0. The maximum absolute atomic E-state index is 10.8. The molecule has 1 heterocycles. The van der Waals surface area contributed by atoms with Crippen LogP contribution in [0.3, 0.4) is 0 Å². The van der Waals surface area contributed by atoms with E-state index in [0.717, 1.165) is 44.2 Å². The minimum absolute atomic E-state index is 0.0823. The van der Waals surface area contributed by atoms with Gasteiger partial charge in [-0.15, -0.1) is 0 Å². The molecule has 4 nitrogen and oxygen atoms in total. The molecule has 4 heteroatoms. The van der Waals surface area contributed by atoms with Gasteiger partial charge in [0.1, 0.15) is 0 Å². The molecule has 2 fully saturated rings. The molecule has 2 bridgehead atoms. The fourth-order valence-corrected chi connectivity index (χ4v) is 5.46. The number of phenols is 1. The number of fused-ring (bicyclic) bond motifs is 1. The van der Waals surface area contributed by atoms with Crippen LogP contribution in [0.2, 0.25) is 0 Å². The highest BCUT2D eigenvalue weighted by Gasteiger charge is 2.56. The molecular formula is C18H25NO3. The highest BCUT2D eigenvalue weighted by atomic mass is 16.5. The number of rotatable bonds is 1. The first-order chi connectivity index (χ1) is 10.6. The number of likely N-dealkylation sites (N-methyl/N-ethyl adjacent to an activating group) is 1. The van der Waals surface area contributed by atoms with Gasteiger partial charge in [0.25, 0.3) is 0 Å². The van der Waals surface area contributed by atoms with E-state index >= 15 is 0 Å². The molecule has 1 saturated heterocycles. The van der Waals surface area contributed by atoms with Crippen molar-refractivity contribution in [1.29, 1.82) is 0 Å². The van der Waals surface area contributed by atoms with Crippen LogP contribution < -0.4 is 4.74 Å². The van der Waals surface area contributed by atoms with Crippen LogP contribution in [0.1, 0.15) is 36.8 Å². The van der Waals surface area contributed by atoms with Gasteiger partial charge in [-0.3, -0.25) is 0 Å². The molecule has 3 aliphatic rings. The Bertz CT molecular complexity index is 602. The molecule has 0 aromatic heterocycles. The predicted octanol–water partition coefficient (Wildman–Crippen LogP) is 2.06. The van der Waals surface area contributed by atoms with Crippen molar-refractivity contribution in [2.24, 2.45) is 5.92 Å². The van der Waals surface area contributed by atoms with Gasteiger partial charge in [-0.05, 0) is 63.2 Å². The molecule has 2 aliphatic carbocycles. The van der Waals surface area contributed by atoms with Gasteiger partial charge in [-0.25, -0.2) is 0 Å². The van der Waals surface area contributed by atoms with Crippen LogP contribution in [0.5, 0.6) is 11.5 Å². The fraction of sp³-hybridized carbons (Fsp3) is 0.667. The Morgan fingerprint density at radius 2 is 2.14 bits per heavy atom. The summed E-state index contributed by atoms with van der Waals surface area (Å²) in [7, 11) is 3.82. The zero-order chi connectivity index (χ0) is 15.5. The van der Waals surface area contributed by atoms with Crippen molar-refractivity contribution in [2.45, 2.75) is 49.7 Å². The van der Waals surface area contributed by atoms with Crippen molar-refractivity contribution >= 4 is 0 Å². The van der Waals surface area contributed by atoms with Gasteiger partial charge in [-0.2, -0.15) is 0 Å². The number of nitrogens with zero attached hydrogens (tertiary/aromatic N) is 1. The second-order valence-corrected chi connectivity index (χ2v) is 7.35. The lowest BCUT2D eigenvalue weighted by Gasteiger charge is -2.59. The average Bonchev–Trinajstić information content (AvgIpc) is 2.50. The van der Waals surface area contributed by atoms with Crippen LogP contribution in [-0.2, 0) is 11.8 Å². The number of ether oxygens (including phenoxy) is 1. The monoisotopic (exact) mass is 303 g/mol. The van der Waals surface area contributed by atoms with E-state index in [1.807, 2.05) is 6.07 Å². The maximum Gasteiger partial charge on any atom is 0.161 e. The van der Waals surface area contributed by atoms with Crippen LogP contribution in [-0.4, -0.2) is 48.0 Å². The summed E-state index contributed by atoms with van der Waals surface area (Å²) in [6.07, 6.45) is 4.46. The third-order valence-electron chi connectivity index (χ3n) is 6.44. The van der Waals surface area contributed by atoms with Crippen molar-refractivity contribution in [3.05, 3.63) is 23.3 Å². The van der Waals surface area contributed by atoms with Gasteiger partial charge in [-0.1, -0.05) is 6.07 Å². The number of piperidine rings is 1. The van der Waals surface area contributed by atoms with Crippen LogP contribution in [0.15, 0.2) is 12.1 Å². The third-order valence-corrected chi connectivity index (χ3v) is 6.44. The molecule has 0 unspecified atom stereocenters. The van der Waals surface area contributed by atoms with E-state index in [0.29, 0.717) is 23.5 Å². The Hall–Kier alpha value is -1.26. The summed E-state index contributed by atoms with van der Waals surface area (Å²) in [5.41, 5.74) is 2.22. The zero-order valence-electron chi connectivity index (χ0n) is 13.4. The Kier molecular flexibility index (Phi) is 3.17. The number of phenolic OH excluding ortho intramolecular Hbond substituents is 1. The number of likely N-dealkylation sites (tertiary alicyclic amines) is 1. The Labute approximate surface area is 131 Å². The maximum atomic E-state index is 10.8. The number of benzene rings is 1. The van der Waals surface area contributed by atoms with E-state index in [9.17, 15) is 10.2 Å². The van der Waals surface area contributed by atoms with Crippen LogP contribution in [0, 0.1) is 5.92 Å². The standard InChI is InChI=1S/C18H25NO3/c1-19-8-7-18-10-12(20)4-5-13(18)14(19)9-11-3-6-15(22-2)17(21)16(11)18/h3,6,12-14,20-21H,4-5,7-10H2,1-2H3/t12-,13-,14+,18+/m1/s1. The van der Waals surface area contributed by atoms with Crippen LogP contribution >= 0.6 is 0 Å². The highest BCUT2D eigenvalue weighted by molar-refractivity contribution is 5.56. The molecule has 4 rings (SSSR count). The second kappa shape index (κ2) is 4.87. The molecule has 1 aromatic rings. The molecule has 1 aliphatic heterocycles. The number of aliphatic hydroxyl groups is 1. The summed E-state index contributed by atoms with van der Waals surface area (Å²) in [5, 5.41) is 21.1. The Morgan fingerprint density at radius 1 is 1.32 bits per heavy atom. The normalized spacial score (nSPS) is 37.3. The SMILES string of the molecule is COc1ccc2c(c1O)[C@]13CCN(C)[C@@H](C2)[C@H]1CC[C@@H](O)C3. The van der Waals surface area contributed by atoms with Gasteiger partial charge in [0.15, 0.2) is 11.5 Å². The van der Waals surface area contributed by atoms with E-state index < -0.39 is 0 Å². The van der Waals surface area contributed by atoms with Crippen molar-refractivity contribution in [3.63, 3.8) is 0 Å². The van der Waals surface area contributed by atoms with Gasteiger partial charge in [0.05, 0.1) is 13.2 Å². The molecule has 0 spiro atoms. The summed E-state index contributed by atoms with van der Waals surface area (Å²) in [4.78, 5) is 2.48. The van der Waals surface area contributed by atoms with E-state index in [2.05, 4.69) is 18.0 Å². The van der Waals surface area contributed by atoms with Gasteiger partial charge in [0, 0.05) is 17.0 Å². The van der Waals surface area contributed by atoms with Gasteiger partial charge < -0.3 is 19.8 Å². The van der Waals surface area contributed by atoms with Crippen molar-refractivity contribution in [2.75, 3.05) is 20.7 Å². The quantitative estimate of drug-likeness (QED) is 0.834. The smallest absolute Gasteiger partial charge is 0.161 e. The first kappa shape index (κ1) is 14.3. The average molecular weight is 303 g/mol. The zero-order valence-corrected chi connectivity index (χ0v) is 13.4. The number of aliphatic hydroxyl groups excluding tert-OH is 1. The largest absolute Gasteiger partial charge is 0.504 e. The minimum atomic E-state index is -0.253. The lowest BCUT2D eigenvalue weighted by molar-refractivity contribution is -0.0403. The van der Waals surface area contributed by atoms with Gasteiger partial charge in [0.2, 0.25) is 0 Å². The number of hydrogen-bond acceptors (Lipinski definition) is 4. The number of hydrogen-bond donors (Lipinski definition) is 2. The van der Waals surface area contributed by atoms with Crippen LogP contribution in [0.4, 0.5) is 0 Å². The molecule has 1 saturated carbocycles. The molecule has 22 heavy (non-hydrogen) atoms. The van der Waals surface area contributed by atoms with Crippen molar-refractivity contribution in [1.82, 2.24) is 4.90 Å². The first-order valence-electron chi connectivity index (χ1n) is 8.34. The topological polar surface area (TPSA) is 52.9 Å². The number of aromatic hydroxyl groups is 1. The lowest BCUT2D eigenvalue weighted by atomic mass is 9.51. The molecule has 0 radical (unpaired) electrons. The Morgan fingerprint density at radius 3 is 2.91 bits per heavy atom. The second-order valence-electron chi connectivity index (χ2n) is 7.35. The summed E-state index contributed by atoms with van der Waals surface area (Å²) in [6, 6.07) is 4.51. The Balaban J connectivity index is 1.93. The van der Waals surface area contributed by atoms with Gasteiger partial charge >= 0.3 is 0 Å². The van der Waals surface area contributed by atoms with E-state index in [1.165, 1.54) is 5.56 Å². The molecule has 0 amide bonds. The molecule has 2 N–H and O–H groups in total. The molecule has 4 atom stereocenters. The van der Waals surface area contributed by atoms with E-state index in [4.69, 9.17) is 4.74 Å². The third kappa shape index (κ3) is 1.77. The van der Waals surface area contributed by atoms with E-state index in [1.54, 1.807) is 7.11 Å². The fourth-order valence-electron chi connectivity index (χ4n) is 5.46. The minimum Gasteiger partial charge on any atom is -0.504 e. The van der Waals surface area contributed by atoms with E-state index in [-0.39, 0.29) is 11.5 Å². The van der Waals surface area contributed by atoms with Crippen molar-refractivity contribution in [3.8, 4) is 11.5 Å².